The van der Waals surface area contributed by atoms with Crippen molar-refractivity contribution in [3.05, 3.63) is 29.5 Å². The maximum absolute atomic E-state index is 13.2. The van der Waals surface area contributed by atoms with Crippen LogP contribution in [0.2, 0.25) is 0 Å². The number of imide groups is 1. The van der Waals surface area contributed by atoms with Gasteiger partial charge in [0.2, 0.25) is 0 Å². The van der Waals surface area contributed by atoms with Gasteiger partial charge in [0.05, 0.1) is 39.0 Å². The van der Waals surface area contributed by atoms with Crippen LogP contribution in [-0.4, -0.2) is 68.2 Å². The van der Waals surface area contributed by atoms with Gasteiger partial charge >= 0.3 is 0 Å². The maximum Gasteiger partial charge on any atom is 0.277 e. The summed E-state index contributed by atoms with van der Waals surface area (Å²) in [6, 6.07) is 5.31. The second kappa shape index (κ2) is 8.65. The molecule has 0 radical (unpaired) electrons. The monoisotopic (exact) mass is 388 g/mol. The Bertz CT molecular complexity index is 781. The van der Waals surface area contributed by atoms with Crippen molar-refractivity contribution in [2.24, 2.45) is 0 Å². The highest BCUT2D eigenvalue weighted by atomic mass is 16.5. The Kier molecular flexibility index (Phi) is 6.24. The van der Waals surface area contributed by atoms with Gasteiger partial charge in [0.25, 0.3) is 11.8 Å². The Hall–Kier alpha value is -2.54. The van der Waals surface area contributed by atoms with E-state index >= 15 is 0 Å². The van der Waals surface area contributed by atoms with Gasteiger partial charge in [0, 0.05) is 13.1 Å². The lowest BCUT2D eigenvalue weighted by atomic mass is 10.0. The first-order chi connectivity index (χ1) is 13.5. The lowest BCUT2D eigenvalue weighted by Crippen LogP contribution is -2.37. The Morgan fingerprint density at radius 3 is 2.29 bits per heavy atom. The summed E-state index contributed by atoms with van der Waals surface area (Å²) in [5.41, 5.74) is 1.57. The number of nitrogens with zero attached hydrogens (tertiary/aromatic N) is 2. The first-order valence-electron chi connectivity index (χ1n) is 9.67. The summed E-state index contributed by atoms with van der Waals surface area (Å²) in [4.78, 5) is 29.7. The van der Waals surface area contributed by atoms with Gasteiger partial charge in [-0.25, -0.2) is 0 Å². The molecule has 1 fully saturated rings. The van der Waals surface area contributed by atoms with E-state index in [2.05, 4.69) is 0 Å². The van der Waals surface area contributed by atoms with Crippen molar-refractivity contribution in [2.75, 3.05) is 40.5 Å². The summed E-state index contributed by atoms with van der Waals surface area (Å²) < 4.78 is 16.2. The van der Waals surface area contributed by atoms with Gasteiger partial charge < -0.3 is 19.1 Å². The third-order valence-electron chi connectivity index (χ3n) is 5.00. The number of methoxy groups -OCH3 is 2. The van der Waals surface area contributed by atoms with Crippen molar-refractivity contribution >= 4 is 17.4 Å². The third-order valence-corrected chi connectivity index (χ3v) is 5.00. The fourth-order valence-electron chi connectivity index (χ4n) is 3.63. The molecule has 1 aromatic carbocycles. The quantitative estimate of drug-likeness (QED) is 0.637. The van der Waals surface area contributed by atoms with E-state index in [0.717, 1.165) is 25.9 Å². The molecule has 7 nitrogen and oxygen atoms in total. The molecule has 28 heavy (non-hydrogen) atoms. The average molecular weight is 388 g/mol. The lowest BCUT2D eigenvalue weighted by molar-refractivity contribution is -0.138. The van der Waals surface area contributed by atoms with Crippen molar-refractivity contribution in [3.8, 4) is 11.5 Å². The first-order valence-corrected chi connectivity index (χ1v) is 9.67. The predicted octanol–water partition coefficient (Wildman–Crippen LogP) is 2.30. The molecule has 0 bridgehead atoms. The zero-order valence-corrected chi connectivity index (χ0v) is 17.0. The molecule has 0 spiro atoms. The van der Waals surface area contributed by atoms with Crippen LogP contribution in [-0.2, 0) is 14.3 Å². The number of likely N-dealkylation sites (tertiary alicyclic amines) is 1. The van der Waals surface area contributed by atoms with E-state index in [1.807, 2.05) is 18.7 Å². The van der Waals surface area contributed by atoms with Gasteiger partial charge in [0.15, 0.2) is 11.5 Å². The Balaban J connectivity index is 1.98. The van der Waals surface area contributed by atoms with Crippen molar-refractivity contribution < 1.29 is 23.8 Å². The van der Waals surface area contributed by atoms with E-state index in [-0.39, 0.29) is 24.5 Å². The van der Waals surface area contributed by atoms with Crippen molar-refractivity contribution in [3.63, 3.8) is 0 Å². The summed E-state index contributed by atoms with van der Waals surface area (Å²) in [6.07, 6.45) is 2.07. The molecule has 0 aliphatic carbocycles. The molecule has 2 heterocycles. The summed E-state index contributed by atoms with van der Waals surface area (Å²) in [6.45, 7) is 5.97. The number of carbonyl (C=O) groups is 2. The van der Waals surface area contributed by atoms with Crippen LogP contribution in [0.3, 0.4) is 0 Å². The number of hydrogen-bond donors (Lipinski definition) is 0. The molecule has 1 aromatic rings. The number of rotatable bonds is 8. The molecule has 2 aliphatic heterocycles. The van der Waals surface area contributed by atoms with E-state index in [4.69, 9.17) is 14.2 Å². The average Bonchev–Trinajstić information content (AvgIpc) is 3.29. The maximum atomic E-state index is 13.2. The predicted molar refractivity (Wildman–Crippen MR) is 105 cm³/mol. The Morgan fingerprint density at radius 2 is 1.68 bits per heavy atom. The van der Waals surface area contributed by atoms with E-state index in [1.54, 1.807) is 32.4 Å². The second-order valence-electron chi connectivity index (χ2n) is 7.17. The van der Waals surface area contributed by atoms with Crippen LogP contribution in [0.15, 0.2) is 23.9 Å². The van der Waals surface area contributed by atoms with Crippen LogP contribution in [0.1, 0.15) is 32.3 Å². The number of carbonyl (C=O) groups excluding carboxylic acids is 2. The summed E-state index contributed by atoms with van der Waals surface area (Å²) in [5.74, 6) is 0.569. The second-order valence-corrected chi connectivity index (χ2v) is 7.17. The molecule has 0 saturated carbocycles. The zero-order valence-electron chi connectivity index (χ0n) is 17.0. The number of amides is 2. The molecule has 2 amide bonds. The number of ether oxygens (including phenoxy) is 3. The van der Waals surface area contributed by atoms with Crippen LogP contribution in [0, 0.1) is 0 Å². The minimum atomic E-state index is -0.286. The van der Waals surface area contributed by atoms with Crippen LogP contribution >= 0.6 is 0 Å². The molecular formula is C21H28N2O5. The molecule has 152 valence electrons. The topological polar surface area (TPSA) is 68.3 Å². The molecule has 1 saturated heterocycles. The van der Waals surface area contributed by atoms with Gasteiger partial charge in [-0.05, 0) is 44.4 Å². The molecular weight excluding hydrogens is 360 g/mol. The smallest absolute Gasteiger partial charge is 0.277 e. The van der Waals surface area contributed by atoms with Crippen molar-refractivity contribution in [1.82, 2.24) is 9.80 Å². The number of benzene rings is 1. The summed E-state index contributed by atoms with van der Waals surface area (Å²) in [5, 5.41) is 0. The Labute approximate surface area is 165 Å². The Morgan fingerprint density at radius 1 is 1.00 bits per heavy atom. The van der Waals surface area contributed by atoms with Crippen molar-refractivity contribution in [2.45, 2.75) is 32.8 Å². The van der Waals surface area contributed by atoms with Crippen LogP contribution in [0.25, 0.3) is 5.57 Å². The normalized spacial score (nSPS) is 17.3. The molecule has 0 N–H and O–H groups in total. The minimum absolute atomic E-state index is 0.0455. The summed E-state index contributed by atoms with van der Waals surface area (Å²) >= 11 is 0. The van der Waals surface area contributed by atoms with Gasteiger partial charge in [0.1, 0.15) is 5.70 Å². The van der Waals surface area contributed by atoms with Gasteiger partial charge in [-0.2, -0.15) is 0 Å². The standard InChI is InChI=1S/C21H28N2O5/c1-14(2)28-12-11-23-20(24)18(19(21(23)25)22-9-5-6-10-22)15-7-8-16(26-3)17(13-15)27-4/h7-8,13-14H,5-6,9-12H2,1-4H3. The fraction of sp³-hybridized carbons (Fsp3) is 0.524. The third kappa shape index (κ3) is 3.85. The molecule has 7 heteroatoms. The molecule has 3 rings (SSSR count). The highest BCUT2D eigenvalue weighted by molar-refractivity contribution is 6.35. The molecule has 0 aromatic heterocycles. The molecule has 0 unspecified atom stereocenters. The first kappa shape index (κ1) is 20.2. The van der Waals surface area contributed by atoms with E-state index in [0.29, 0.717) is 34.9 Å². The highest BCUT2D eigenvalue weighted by Crippen LogP contribution is 2.37. The van der Waals surface area contributed by atoms with Crippen molar-refractivity contribution in [1.29, 1.82) is 0 Å². The van der Waals surface area contributed by atoms with Crippen LogP contribution in [0.4, 0.5) is 0 Å². The summed E-state index contributed by atoms with van der Waals surface area (Å²) in [7, 11) is 3.11. The lowest BCUT2D eigenvalue weighted by Gasteiger charge is -2.20. The highest BCUT2D eigenvalue weighted by Gasteiger charge is 2.42. The minimum Gasteiger partial charge on any atom is -0.493 e. The van der Waals surface area contributed by atoms with E-state index in [1.165, 1.54) is 4.90 Å². The SMILES string of the molecule is COc1ccc(C2=C(N3CCCC3)C(=O)N(CCOC(C)C)C2=O)cc1OC. The fourth-order valence-corrected chi connectivity index (χ4v) is 3.63. The van der Waals surface area contributed by atoms with Gasteiger partial charge in [-0.1, -0.05) is 6.07 Å². The number of hydrogen-bond acceptors (Lipinski definition) is 6. The van der Waals surface area contributed by atoms with Gasteiger partial charge in [-0.15, -0.1) is 0 Å². The van der Waals surface area contributed by atoms with Crippen LogP contribution in [0.5, 0.6) is 11.5 Å². The van der Waals surface area contributed by atoms with Crippen LogP contribution < -0.4 is 9.47 Å². The largest absolute Gasteiger partial charge is 0.493 e. The molecule has 2 aliphatic rings. The molecule has 0 atom stereocenters. The van der Waals surface area contributed by atoms with E-state index < -0.39 is 0 Å². The zero-order chi connectivity index (χ0) is 20.3. The van der Waals surface area contributed by atoms with Gasteiger partial charge in [-0.3, -0.25) is 14.5 Å². The van der Waals surface area contributed by atoms with E-state index in [9.17, 15) is 9.59 Å².